The molecule has 2 aromatic carbocycles. The van der Waals surface area contributed by atoms with Gasteiger partial charge in [0, 0.05) is 13.5 Å². The fraction of sp³-hybridized carbons (Fsp3) is 0.440. The van der Waals surface area contributed by atoms with Gasteiger partial charge in [0.25, 0.3) is 0 Å². The first-order valence-electron chi connectivity index (χ1n) is 11.2. The van der Waals surface area contributed by atoms with Gasteiger partial charge in [0.05, 0.1) is 23.8 Å². The molecule has 0 spiro atoms. The Balaban J connectivity index is 1.86. The third-order valence-electron chi connectivity index (χ3n) is 6.47. The van der Waals surface area contributed by atoms with E-state index in [1.54, 1.807) is 6.92 Å². The van der Waals surface area contributed by atoms with E-state index in [0.29, 0.717) is 6.42 Å². The van der Waals surface area contributed by atoms with Crippen LogP contribution in [0, 0.1) is 0 Å². The lowest BCUT2D eigenvalue weighted by atomic mass is 9.76. The number of carbonyl (C=O) groups excluding carboxylic acids is 2. The summed E-state index contributed by atoms with van der Waals surface area (Å²) in [7, 11) is 0. The summed E-state index contributed by atoms with van der Waals surface area (Å²) in [5.74, 6) is -1.06. The molecule has 2 amide bonds. The molecule has 190 valence electrons. The number of ether oxygens (including phenoxy) is 1. The van der Waals surface area contributed by atoms with Gasteiger partial charge in [-0.3, -0.25) is 9.59 Å². The van der Waals surface area contributed by atoms with Crippen molar-refractivity contribution in [3.8, 4) is 0 Å². The molecule has 1 aliphatic rings. The SMILES string of the molecule is CC(=O)N[C@@]1(C(N)=O)CC[C@@](COC(C)c2cc(CF)cc(C(F)(F)F)c2)(c2ccccc2)NC1. The summed E-state index contributed by atoms with van der Waals surface area (Å²) in [6.45, 7) is 1.97. The largest absolute Gasteiger partial charge is 0.416 e. The number of hydrogen-bond acceptors (Lipinski definition) is 4. The van der Waals surface area contributed by atoms with Gasteiger partial charge in [0.2, 0.25) is 11.8 Å². The maximum absolute atomic E-state index is 13.3. The molecule has 0 radical (unpaired) electrons. The number of carbonyl (C=O) groups is 2. The topological polar surface area (TPSA) is 93.5 Å². The zero-order valence-electron chi connectivity index (χ0n) is 19.5. The highest BCUT2D eigenvalue weighted by atomic mass is 19.4. The summed E-state index contributed by atoms with van der Waals surface area (Å²) >= 11 is 0. The van der Waals surface area contributed by atoms with Crippen molar-refractivity contribution in [2.24, 2.45) is 5.73 Å². The Bertz CT molecular complexity index is 1050. The maximum atomic E-state index is 13.3. The summed E-state index contributed by atoms with van der Waals surface area (Å²) in [5.41, 5.74) is 3.57. The average Bonchev–Trinajstić information content (AvgIpc) is 2.82. The van der Waals surface area contributed by atoms with Crippen molar-refractivity contribution in [3.63, 3.8) is 0 Å². The van der Waals surface area contributed by atoms with Crippen LogP contribution in [0.2, 0.25) is 0 Å². The lowest BCUT2D eigenvalue weighted by Crippen LogP contribution is -2.69. The molecule has 6 nitrogen and oxygen atoms in total. The zero-order valence-corrected chi connectivity index (χ0v) is 19.5. The van der Waals surface area contributed by atoms with Gasteiger partial charge in [0.15, 0.2) is 0 Å². The molecule has 3 atom stereocenters. The molecule has 2 aromatic rings. The van der Waals surface area contributed by atoms with Gasteiger partial charge in [-0.25, -0.2) is 4.39 Å². The quantitative estimate of drug-likeness (QED) is 0.485. The molecule has 3 rings (SSSR count). The van der Waals surface area contributed by atoms with E-state index in [4.69, 9.17) is 10.5 Å². The number of hydrogen-bond donors (Lipinski definition) is 3. The lowest BCUT2D eigenvalue weighted by Gasteiger charge is -2.46. The first kappa shape index (κ1) is 26.6. The first-order valence-corrected chi connectivity index (χ1v) is 11.2. The molecule has 35 heavy (non-hydrogen) atoms. The molecule has 0 aliphatic carbocycles. The molecule has 4 N–H and O–H groups in total. The Morgan fingerprint density at radius 1 is 1.17 bits per heavy atom. The summed E-state index contributed by atoms with van der Waals surface area (Å²) in [5, 5.41) is 5.96. The summed E-state index contributed by atoms with van der Waals surface area (Å²) in [6, 6.07) is 12.4. The number of amides is 2. The Labute approximate surface area is 201 Å². The number of halogens is 4. The lowest BCUT2D eigenvalue weighted by molar-refractivity contribution is -0.137. The van der Waals surface area contributed by atoms with Crippen LogP contribution in [0.25, 0.3) is 0 Å². The van der Waals surface area contributed by atoms with E-state index in [1.165, 1.54) is 13.0 Å². The van der Waals surface area contributed by atoms with Crippen LogP contribution in [0.5, 0.6) is 0 Å². The second-order valence-electron chi connectivity index (χ2n) is 8.98. The first-order chi connectivity index (χ1) is 16.4. The Morgan fingerprint density at radius 3 is 2.37 bits per heavy atom. The summed E-state index contributed by atoms with van der Waals surface area (Å²) in [4.78, 5) is 23.9. The second-order valence-corrected chi connectivity index (χ2v) is 8.98. The number of piperidine rings is 1. The van der Waals surface area contributed by atoms with Crippen LogP contribution >= 0.6 is 0 Å². The van der Waals surface area contributed by atoms with Crippen molar-refractivity contribution in [3.05, 3.63) is 70.8 Å². The molecule has 0 saturated carbocycles. The van der Waals surface area contributed by atoms with Gasteiger partial charge >= 0.3 is 6.18 Å². The van der Waals surface area contributed by atoms with E-state index in [9.17, 15) is 27.2 Å². The van der Waals surface area contributed by atoms with Gasteiger partial charge in [-0.1, -0.05) is 36.4 Å². The average molecular weight is 496 g/mol. The summed E-state index contributed by atoms with van der Waals surface area (Å²) < 4.78 is 59.2. The smallest absolute Gasteiger partial charge is 0.372 e. The number of primary amides is 1. The van der Waals surface area contributed by atoms with Gasteiger partial charge < -0.3 is 21.1 Å². The van der Waals surface area contributed by atoms with Crippen LogP contribution in [-0.4, -0.2) is 30.5 Å². The van der Waals surface area contributed by atoms with Crippen molar-refractivity contribution >= 4 is 11.8 Å². The molecular weight excluding hydrogens is 466 g/mol. The van der Waals surface area contributed by atoms with Crippen LogP contribution in [0.15, 0.2) is 48.5 Å². The van der Waals surface area contributed by atoms with E-state index in [0.717, 1.165) is 17.7 Å². The van der Waals surface area contributed by atoms with Crippen LogP contribution in [0.1, 0.15) is 55.0 Å². The minimum Gasteiger partial charge on any atom is -0.372 e. The van der Waals surface area contributed by atoms with Crippen LogP contribution < -0.4 is 16.4 Å². The highest BCUT2D eigenvalue weighted by Crippen LogP contribution is 2.37. The van der Waals surface area contributed by atoms with Gasteiger partial charge in [-0.15, -0.1) is 0 Å². The highest BCUT2D eigenvalue weighted by Gasteiger charge is 2.47. The molecule has 1 saturated heterocycles. The molecule has 1 fully saturated rings. The standard InChI is InChI=1S/C25H29F4N3O3/c1-16(19-10-18(13-26)11-21(12-19)25(27,28)29)35-15-24(20-6-4-3-5-7-20)9-8-23(14-31-24,22(30)34)32-17(2)33/h3-7,10-12,16,31H,8-9,13-15H2,1-2H3,(H2,30,34)(H,32,33)/t16?,23-,24+/m0/s1. The number of rotatable bonds is 8. The molecule has 1 aliphatic heterocycles. The van der Waals surface area contributed by atoms with E-state index in [-0.39, 0.29) is 30.7 Å². The fourth-order valence-electron chi connectivity index (χ4n) is 4.41. The van der Waals surface area contributed by atoms with Crippen molar-refractivity contribution in [2.45, 2.75) is 56.7 Å². The van der Waals surface area contributed by atoms with Crippen LogP contribution in [0.3, 0.4) is 0 Å². The van der Waals surface area contributed by atoms with E-state index in [2.05, 4.69) is 10.6 Å². The Kier molecular flexibility index (Phi) is 7.86. The van der Waals surface area contributed by atoms with Gasteiger partial charge in [-0.2, -0.15) is 13.2 Å². The van der Waals surface area contributed by atoms with E-state index >= 15 is 0 Å². The van der Waals surface area contributed by atoms with Crippen molar-refractivity contribution in [1.82, 2.24) is 10.6 Å². The van der Waals surface area contributed by atoms with Gasteiger partial charge in [0.1, 0.15) is 12.2 Å². The third-order valence-corrected chi connectivity index (χ3v) is 6.47. The molecular formula is C25H29F4N3O3. The predicted molar refractivity (Wildman–Crippen MR) is 122 cm³/mol. The Morgan fingerprint density at radius 2 is 1.86 bits per heavy atom. The van der Waals surface area contributed by atoms with Crippen molar-refractivity contribution in [1.29, 1.82) is 0 Å². The molecule has 0 aromatic heterocycles. The third kappa shape index (κ3) is 5.99. The normalized spacial score (nSPS) is 23.5. The Hall–Kier alpha value is -2.98. The zero-order chi connectivity index (χ0) is 25.9. The minimum absolute atomic E-state index is 0.0457. The van der Waals surface area contributed by atoms with Crippen LogP contribution in [0.4, 0.5) is 17.6 Å². The van der Waals surface area contributed by atoms with Crippen molar-refractivity contribution < 1.29 is 31.9 Å². The predicted octanol–water partition coefficient (Wildman–Crippen LogP) is 3.89. The number of nitrogens with two attached hydrogens (primary N) is 1. The molecule has 1 unspecified atom stereocenters. The number of nitrogens with one attached hydrogen (secondary N) is 2. The molecule has 10 heteroatoms. The fourth-order valence-corrected chi connectivity index (χ4v) is 4.41. The summed E-state index contributed by atoms with van der Waals surface area (Å²) in [6.07, 6.45) is -4.80. The number of alkyl halides is 4. The highest BCUT2D eigenvalue weighted by molar-refractivity contribution is 5.90. The van der Waals surface area contributed by atoms with Gasteiger partial charge in [-0.05, 0) is 48.6 Å². The molecule has 1 heterocycles. The van der Waals surface area contributed by atoms with Crippen LogP contribution in [-0.2, 0) is 32.7 Å². The second kappa shape index (κ2) is 10.3. The van der Waals surface area contributed by atoms with E-state index < -0.39 is 47.4 Å². The monoisotopic (exact) mass is 495 g/mol. The molecule has 0 bridgehead atoms. The van der Waals surface area contributed by atoms with E-state index in [1.807, 2.05) is 30.3 Å². The maximum Gasteiger partial charge on any atom is 0.416 e. The van der Waals surface area contributed by atoms with Crippen molar-refractivity contribution in [2.75, 3.05) is 13.2 Å². The number of benzene rings is 2. The minimum atomic E-state index is -4.61.